The van der Waals surface area contributed by atoms with Crippen molar-refractivity contribution in [2.45, 2.75) is 44.7 Å². The lowest BCUT2D eigenvalue weighted by atomic mass is 10.1. The molecular weight excluding hydrogens is 255 g/mol. The van der Waals surface area contributed by atoms with E-state index in [1.165, 1.54) is 18.9 Å². The molecule has 108 valence electrons. The zero-order valence-corrected chi connectivity index (χ0v) is 11.9. The lowest BCUT2D eigenvalue weighted by Crippen LogP contribution is -2.39. The Hall–Kier alpha value is -1.42. The fourth-order valence-electron chi connectivity index (χ4n) is 2.85. The van der Waals surface area contributed by atoms with Gasteiger partial charge in [0, 0.05) is 19.1 Å². The standard InChI is InChI=1S/C16H21FN2O/c1-11-10-13(17)3-2-12(11)6-8-19-9-7-15(16(19)20)18-14-4-5-14/h2-3,10,14-15,18H,4-9H2,1H3. The van der Waals surface area contributed by atoms with Gasteiger partial charge >= 0.3 is 0 Å². The molecule has 1 heterocycles. The highest BCUT2D eigenvalue weighted by Gasteiger charge is 2.35. The molecule has 3 rings (SSSR count). The van der Waals surface area contributed by atoms with Crippen LogP contribution in [0.2, 0.25) is 0 Å². The molecule has 0 bridgehead atoms. The van der Waals surface area contributed by atoms with E-state index < -0.39 is 0 Å². The average Bonchev–Trinajstić information content (AvgIpc) is 3.16. The van der Waals surface area contributed by atoms with Crippen molar-refractivity contribution >= 4 is 5.91 Å². The van der Waals surface area contributed by atoms with Crippen LogP contribution >= 0.6 is 0 Å². The highest BCUT2D eigenvalue weighted by atomic mass is 19.1. The van der Waals surface area contributed by atoms with Crippen molar-refractivity contribution in [3.8, 4) is 0 Å². The maximum atomic E-state index is 13.1. The van der Waals surface area contributed by atoms with Gasteiger partial charge in [-0.05, 0) is 55.9 Å². The minimum absolute atomic E-state index is 0.0248. The number of aryl methyl sites for hydroxylation is 1. The molecule has 3 nitrogen and oxygen atoms in total. The third-order valence-electron chi connectivity index (χ3n) is 4.27. The second-order valence-corrected chi connectivity index (χ2v) is 5.93. The summed E-state index contributed by atoms with van der Waals surface area (Å²) in [5.74, 6) is 0.0360. The zero-order chi connectivity index (χ0) is 14.1. The average molecular weight is 276 g/mol. The lowest BCUT2D eigenvalue weighted by molar-refractivity contribution is -0.129. The predicted molar refractivity (Wildman–Crippen MR) is 76.0 cm³/mol. The molecule has 1 unspecified atom stereocenters. The number of likely N-dealkylation sites (tertiary alicyclic amines) is 1. The Bertz CT molecular complexity index is 513. The quantitative estimate of drug-likeness (QED) is 0.892. The first-order chi connectivity index (χ1) is 9.63. The van der Waals surface area contributed by atoms with Crippen molar-refractivity contribution in [3.05, 3.63) is 35.1 Å². The molecule has 20 heavy (non-hydrogen) atoms. The number of hydrogen-bond donors (Lipinski definition) is 1. The molecule has 0 aromatic heterocycles. The van der Waals surface area contributed by atoms with E-state index in [1.807, 2.05) is 17.9 Å². The first kappa shape index (κ1) is 13.6. The van der Waals surface area contributed by atoms with E-state index in [0.717, 1.165) is 37.1 Å². The van der Waals surface area contributed by atoms with E-state index in [4.69, 9.17) is 0 Å². The van der Waals surface area contributed by atoms with Crippen LogP contribution in [0.5, 0.6) is 0 Å². The van der Waals surface area contributed by atoms with Crippen molar-refractivity contribution in [1.29, 1.82) is 0 Å². The number of nitrogens with one attached hydrogen (secondary N) is 1. The Balaban J connectivity index is 1.54. The summed E-state index contributed by atoms with van der Waals surface area (Å²) in [6, 6.07) is 5.47. The number of carbonyl (C=O) groups is 1. The third kappa shape index (κ3) is 3.01. The van der Waals surface area contributed by atoms with Crippen LogP contribution in [-0.2, 0) is 11.2 Å². The molecule has 1 amide bonds. The Morgan fingerprint density at radius 3 is 2.85 bits per heavy atom. The molecule has 1 saturated carbocycles. The summed E-state index contributed by atoms with van der Waals surface area (Å²) in [6.45, 7) is 3.49. The van der Waals surface area contributed by atoms with Gasteiger partial charge in [-0.2, -0.15) is 0 Å². The van der Waals surface area contributed by atoms with Gasteiger partial charge < -0.3 is 10.2 Å². The Labute approximate surface area is 119 Å². The number of amides is 1. The maximum Gasteiger partial charge on any atom is 0.239 e. The molecule has 1 aromatic carbocycles. The monoisotopic (exact) mass is 276 g/mol. The highest BCUT2D eigenvalue weighted by Crippen LogP contribution is 2.22. The van der Waals surface area contributed by atoms with E-state index in [9.17, 15) is 9.18 Å². The molecule has 1 saturated heterocycles. The molecule has 4 heteroatoms. The van der Waals surface area contributed by atoms with Gasteiger partial charge in [0.15, 0.2) is 0 Å². The van der Waals surface area contributed by atoms with E-state index in [-0.39, 0.29) is 17.8 Å². The van der Waals surface area contributed by atoms with E-state index in [0.29, 0.717) is 6.04 Å². The van der Waals surface area contributed by atoms with Crippen molar-refractivity contribution < 1.29 is 9.18 Å². The molecule has 1 N–H and O–H groups in total. The first-order valence-electron chi connectivity index (χ1n) is 7.43. The van der Waals surface area contributed by atoms with Gasteiger partial charge in [-0.1, -0.05) is 6.07 Å². The number of hydrogen-bond acceptors (Lipinski definition) is 2. The minimum atomic E-state index is -0.197. The Kier molecular flexibility index (Phi) is 3.74. The summed E-state index contributed by atoms with van der Waals surface area (Å²) < 4.78 is 13.1. The summed E-state index contributed by atoms with van der Waals surface area (Å²) in [5, 5.41) is 3.41. The van der Waals surface area contributed by atoms with Gasteiger partial charge in [-0.25, -0.2) is 4.39 Å². The van der Waals surface area contributed by atoms with Gasteiger partial charge in [-0.15, -0.1) is 0 Å². The lowest BCUT2D eigenvalue weighted by Gasteiger charge is -2.17. The fraction of sp³-hybridized carbons (Fsp3) is 0.562. The Morgan fingerprint density at radius 2 is 2.15 bits per heavy atom. The van der Waals surface area contributed by atoms with Crippen molar-refractivity contribution in [1.82, 2.24) is 10.2 Å². The van der Waals surface area contributed by atoms with Crippen LogP contribution in [-0.4, -0.2) is 36.0 Å². The zero-order valence-electron chi connectivity index (χ0n) is 11.9. The van der Waals surface area contributed by atoms with Gasteiger partial charge in [0.1, 0.15) is 5.82 Å². The smallest absolute Gasteiger partial charge is 0.239 e. The molecule has 1 aliphatic heterocycles. The SMILES string of the molecule is Cc1cc(F)ccc1CCN1CCC(NC2CC2)C1=O. The number of carbonyl (C=O) groups excluding carboxylic acids is 1. The second-order valence-electron chi connectivity index (χ2n) is 5.93. The van der Waals surface area contributed by atoms with Crippen LogP contribution in [0, 0.1) is 12.7 Å². The van der Waals surface area contributed by atoms with Gasteiger partial charge in [0.2, 0.25) is 5.91 Å². The van der Waals surface area contributed by atoms with Crippen LogP contribution in [0.4, 0.5) is 4.39 Å². The topological polar surface area (TPSA) is 32.3 Å². The summed E-state index contributed by atoms with van der Waals surface area (Å²) in [4.78, 5) is 14.2. The number of nitrogens with zero attached hydrogens (tertiary/aromatic N) is 1. The number of halogens is 1. The molecule has 1 aliphatic carbocycles. The van der Waals surface area contributed by atoms with E-state index >= 15 is 0 Å². The third-order valence-corrected chi connectivity index (χ3v) is 4.27. The van der Waals surface area contributed by atoms with Crippen LogP contribution in [0.3, 0.4) is 0 Å². The van der Waals surface area contributed by atoms with E-state index in [1.54, 1.807) is 6.07 Å². The second kappa shape index (κ2) is 5.52. The molecule has 0 radical (unpaired) electrons. The van der Waals surface area contributed by atoms with Crippen LogP contribution in [0.25, 0.3) is 0 Å². The van der Waals surface area contributed by atoms with Crippen molar-refractivity contribution in [3.63, 3.8) is 0 Å². The largest absolute Gasteiger partial charge is 0.341 e. The Morgan fingerprint density at radius 1 is 1.35 bits per heavy atom. The molecule has 2 aliphatic rings. The summed E-state index contributed by atoms with van der Waals surface area (Å²) in [7, 11) is 0. The summed E-state index contributed by atoms with van der Waals surface area (Å²) >= 11 is 0. The molecule has 2 fully saturated rings. The number of benzene rings is 1. The normalized spacial score (nSPS) is 22.6. The van der Waals surface area contributed by atoms with Gasteiger partial charge in [-0.3, -0.25) is 4.79 Å². The maximum absolute atomic E-state index is 13.1. The van der Waals surface area contributed by atoms with E-state index in [2.05, 4.69) is 5.32 Å². The molecular formula is C16H21FN2O. The van der Waals surface area contributed by atoms with Crippen LogP contribution < -0.4 is 5.32 Å². The molecule has 1 aromatic rings. The fourth-order valence-corrected chi connectivity index (χ4v) is 2.85. The van der Waals surface area contributed by atoms with Gasteiger partial charge in [0.05, 0.1) is 6.04 Å². The minimum Gasteiger partial charge on any atom is -0.341 e. The van der Waals surface area contributed by atoms with Gasteiger partial charge in [0.25, 0.3) is 0 Å². The highest BCUT2D eigenvalue weighted by molar-refractivity contribution is 5.84. The van der Waals surface area contributed by atoms with Crippen molar-refractivity contribution in [2.24, 2.45) is 0 Å². The van der Waals surface area contributed by atoms with Crippen LogP contribution in [0.1, 0.15) is 30.4 Å². The first-order valence-corrected chi connectivity index (χ1v) is 7.43. The number of rotatable bonds is 5. The predicted octanol–water partition coefficient (Wildman–Crippen LogP) is 2.03. The summed E-state index contributed by atoms with van der Waals surface area (Å²) in [5.41, 5.74) is 2.09. The van der Waals surface area contributed by atoms with Crippen LogP contribution in [0.15, 0.2) is 18.2 Å². The summed E-state index contributed by atoms with van der Waals surface area (Å²) in [6.07, 6.45) is 4.13. The van der Waals surface area contributed by atoms with Crippen molar-refractivity contribution in [2.75, 3.05) is 13.1 Å². The molecule has 1 atom stereocenters. The molecule has 0 spiro atoms.